The van der Waals surface area contributed by atoms with Crippen LogP contribution in [0.2, 0.25) is 0 Å². The summed E-state index contributed by atoms with van der Waals surface area (Å²) >= 11 is 0. The molecule has 3 aromatic rings. The van der Waals surface area contributed by atoms with Crippen LogP contribution >= 0.6 is 0 Å². The molecule has 1 fully saturated rings. The molecule has 0 radical (unpaired) electrons. The predicted octanol–water partition coefficient (Wildman–Crippen LogP) is 1.24. The first-order chi connectivity index (χ1) is 12.6. The minimum absolute atomic E-state index is 0.0632. The molecule has 1 saturated heterocycles. The minimum atomic E-state index is -0.0632. The van der Waals surface area contributed by atoms with Crippen LogP contribution in [0.15, 0.2) is 42.7 Å². The second-order valence-electron chi connectivity index (χ2n) is 6.95. The molecule has 6 heteroatoms. The Morgan fingerprint density at radius 2 is 1.85 bits per heavy atom. The van der Waals surface area contributed by atoms with Crippen LogP contribution in [0.5, 0.6) is 0 Å². The highest BCUT2D eigenvalue weighted by atomic mass is 16.1. The SMILES string of the molecule is Cc1[nH]c2ccccc2c1C(=O)[C@@H](C)[NH+]1CCN(c2ncccn2)CC1. The molecule has 3 heterocycles. The summed E-state index contributed by atoms with van der Waals surface area (Å²) < 4.78 is 0. The standard InChI is InChI=1S/C20H23N5O/c1-14-18(16-6-3-4-7-17(16)23-14)19(26)15(2)24-10-12-25(13-11-24)20-21-8-5-9-22-20/h3-9,15,23H,10-13H2,1-2H3/p+1/t15-/m1/s1. The van der Waals surface area contributed by atoms with Gasteiger partial charge in [0, 0.05) is 29.0 Å². The lowest BCUT2D eigenvalue weighted by Crippen LogP contribution is -3.18. The van der Waals surface area contributed by atoms with E-state index in [1.165, 1.54) is 4.90 Å². The summed E-state index contributed by atoms with van der Waals surface area (Å²) in [4.78, 5) is 28.7. The lowest BCUT2D eigenvalue weighted by atomic mass is 10.0. The van der Waals surface area contributed by atoms with Crippen LogP contribution in [-0.2, 0) is 0 Å². The number of aromatic nitrogens is 3. The van der Waals surface area contributed by atoms with Gasteiger partial charge in [-0.15, -0.1) is 0 Å². The van der Waals surface area contributed by atoms with Gasteiger partial charge >= 0.3 is 0 Å². The molecule has 1 atom stereocenters. The van der Waals surface area contributed by atoms with Crippen molar-refractivity contribution in [3.8, 4) is 0 Å². The number of carbonyl (C=O) groups is 1. The van der Waals surface area contributed by atoms with Crippen molar-refractivity contribution in [3.05, 3.63) is 54.0 Å². The fraction of sp³-hybridized carbons (Fsp3) is 0.350. The third-order valence-corrected chi connectivity index (χ3v) is 5.39. The Bertz CT molecular complexity index is 912. The maximum absolute atomic E-state index is 13.2. The molecule has 4 rings (SSSR count). The Labute approximate surface area is 152 Å². The number of aryl methyl sites for hydroxylation is 1. The predicted molar refractivity (Wildman–Crippen MR) is 102 cm³/mol. The molecule has 6 nitrogen and oxygen atoms in total. The average molecular weight is 350 g/mol. The quantitative estimate of drug-likeness (QED) is 0.695. The molecule has 1 aromatic carbocycles. The number of para-hydroxylation sites is 1. The molecule has 2 aromatic heterocycles. The second-order valence-corrected chi connectivity index (χ2v) is 6.95. The van der Waals surface area contributed by atoms with Gasteiger partial charge in [-0.05, 0) is 26.0 Å². The second kappa shape index (κ2) is 6.88. The fourth-order valence-corrected chi connectivity index (χ4v) is 3.88. The number of ketones is 1. The highest BCUT2D eigenvalue weighted by Crippen LogP contribution is 2.22. The third kappa shape index (κ3) is 2.97. The van der Waals surface area contributed by atoms with Gasteiger partial charge in [-0.2, -0.15) is 0 Å². The molecule has 0 unspecified atom stereocenters. The zero-order chi connectivity index (χ0) is 18.1. The van der Waals surface area contributed by atoms with Gasteiger partial charge in [0.25, 0.3) is 0 Å². The van der Waals surface area contributed by atoms with Crippen molar-refractivity contribution in [3.63, 3.8) is 0 Å². The van der Waals surface area contributed by atoms with Crippen LogP contribution in [0, 0.1) is 6.92 Å². The fourth-order valence-electron chi connectivity index (χ4n) is 3.88. The maximum Gasteiger partial charge on any atom is 0.225 e. The first-order valence-corrected chi connectivity index (χ1v) is 9.13. The van der Waals surface area contributed by atoms with Crippen molar-refractivity contribution >= 4 is 22.6 Å². The first-order valence-electron chi connectivity index (χ1n) is 9.13. The van der Waals surface area contributed by atoms with Crippen LogP contribution in [-0.4, -0.2) is 53.0 Å². The van der Waals surface area contributed by atoms with Crippen molar-refractivity contribution in [1.82, 2.24) is 15.0 Å². The summed E-state index contributed by atoms with van der Waals surface area (Å²) in [6, 6.07) is 9.80. The van der Waals surface area contributed by atoms with Crippen LogP contribution < -0.4 is 9.80 Å². The van der Waals surface area contributed by atoms with E-state index in [9.17, 15) is 4.79 Å². The summed E-state index contributed by atoms with van der Waals surface area (Å²) in [5.41, 5.74) is 2.83. The number of hydrogen-bond donors (Lipinski definition) is 2. The monoisotopic (exact) mass is 350 g/mol. The smallest absolute Gasteiger partial charge is 0.225 e. The summed E-state index contributed by atoms with van der Waals surface area (Å²) in [7, 11) is 0. The number of quaternary nitrogens is 1. The topological polar surface area (TPSA) is 66.3 Å². The van der Waals surface area contributed by atoms with Gasteiger partial charge in [-0.1, -0.05) is 18.2 Å². The van der Waals surface area contributed by atoms with Gasteiger partial charge in [-0.3, -0.25) is 4.79 Å². The Hall–Kier alpha value is -2.73. The summed E-state index contributed by atoms with van der Waals surface area (Å²) in [5, 5.41) is 1.03. The number of nitrogens with zero attached hydrogens (tertiary/aromatic N) is 3. The van der Waals surface area contributed by atoms with Gasteiger partial charge in [0.2, 0.25) is 11.7 Å². The first kappa shape index (κ1) is 16.7. The van der Waals surface area contributed by atoms with Gasteiger partial charge < -0.3 is 14.8 Å². The molecular formula is C20H24N5O+. The van der Waals surface area contributed by atoms with Crippen molar-refractivity contribution in [2.24, 2.45) is 0 Å². The zero-order valence-corrected chi connectivity index (χ0v) is 15.2. The highest BCUT2D eigenvalue weighted by Gasteiger charge is 2.32. The highest BCUT2D eigenvalue weighted by molar-refractivity contribution is 6.10. The molecular weight excluding hydrogens is 326 g/mol. The molecule has 2 N–H and O–H groups in total. The average Bonchev–Trinajstić information content (AvgIpc) is 3.03. The maximum atomic E-state index is 13.2. The Kier molecular flexibility index (Phi) is 4.42. The Balaban J connectivity index is 1.49. The largest absolute Gasteiger partial charge is 0.358 e. The number of nitrogens with one attached hydrogen (secondary N) is 2. The number of H-pyrrole nitrogens is 1. The van der Waals surface area contributed by atoms with Crippen LogP contribution in [0.25, 0.3) is 10.9 Å². The Morgan fingerprint density at radius 3 is 2.58 bits per heavy atom. The summed E-state index contributed by atoms with van der Waals surface area (Å²) in [6.45, 7) is 7.58. The van der Waals surface area contributed by atoms with E-state index in [1.54, 1.807) is 12.4 Å². The lowest BCUT2D eigenvalue weighted by molar-refractivity contribution is -0.914. The summed E-state index contributed by atoms with van der Waals surface area (Å²) in [5.74, 6) is 0.998. The number of rotatable bonds is 4. The van der Waals surface area contributed by atoms with Crippen LogP contribution in [0.1, 0.15) is 23.0 Å². The van der Waals surface area contributed by atoms with E-state index >= 15 is 0 Å². The lowest BCUT2D eigenvalue weighted by Gasteiger charge is -2.34. The van der Waals surface area contributed by atoms with E-state index in [4.69, 9.17) is 0 Å². The summed E-state index contributed by atoms with van der Waals surface area (Å²) in [6.07, 6.45) is 3.54. The van der Waals surface area contributed by atoms with E-state index in [0.29, 0.717) is 0 Å². The van der Waals surface area contributed by atoms with Crippen molar-refractivity contribution in [1.29, 1.82) is 0 Å². The number of aromatic amines is 1. The van der Waals surface area contributed by atoms with E-state index in [2.05, 4.69) is 19.9 Å². The number of carbonyl (C=O) groups excluding carboxylic acids is 1. The number of hydrogen-bond acceptors (Lipinski definition) is 4. The van der Waals surface area contributed by atoms with E-state index in [0.717, 1.165) is 54.3 Å². The third-order valence-electron chi connectivity index (χ3n) is 5.39. The van der Waals surface area contributed by atoms with Crippen molar-refractivity contribution in [2.75, 3.05) is 31.1 Å². The van der Waals surface area contributed by atoms with Gasteiger partial charge in [0.15, 0.2) is 0 Å². The molecule has 1 aliphatic rings. The van der Waals surface area contributed by atoms with Gasteiger partial charge in [0.05, 0.1) is 31.7 Å². The molecule has 0 aliphatic carbocycles. The number of benzene rings is 1. The zero-order valence-electron chi connectivity index (χ0n) is 15.2. The van der Waals surface area contributed by atoms with Crippen molar-refractivity contribution < 1.29 is 9.69 Å². The van der Waals surface area contributed by atoms with Gasteiger partial charge in [0.1, 0.15) is 6.04 Å². The molecule has 1 aliphatic heterocycles. The Morgan fingerprint density at radius 1 is 1.15 bits per heavy atom. The van der Waals surface area contributed by atoms with E-state index in [1.807, 2.05) is 44.2 Å². The molecule has 0 spiro atoms. The molecule has 0 bridgehead atoms. The van der Waals surface area contributed by atoms with Crippen LogP contribution in [0.4, 0.5) is 5.95 Å². The molecule has 0 amide bonds. The molecule has 0 saturated carbocycles. The van der Waals surface area contributed by atoms with E-state index in [-0.39, 0.29) is 11.8 Å². The molecule has 134 valence electrons. The normalized spacial score (nSPS) is 16.8. The van der Waals surface area contributed by atoms with E-state index < -0.39 is 0 Å². The minimum Gasteiger partial charge on any atom is -0.358 e. The van der Waals surface area contributed by atoms with Crippen LogP contribution in [0.3, 0.4) is 0 Å². The van der Waals surface area contributed by atoms with Gasteiger partial charge in [-0.25, -0.2) is 9.97 Å². The van der Waals surface area contributed by atoms with Crippen molar-refractivity contribution in [2.45, 2.75) is 19.9 Å². The number of fused-ring (bicyclic) bond motifs is 1. The molecule has 26 heavy (non-hydrogen) atoms. The number of piperazine rings is 1. The number of anilines is 1. The number of Topliss-reactive ketones (excluding diaryl/α,β-unsaturated/α-hetero) is 1.